The lowest BCUT2D eigenvalue weighted by molar-refractivity contribution is -0.129. The zero-order valence-electron chi connectivity index (χ0n) is 6.48. The Kier molecular flexibility index (Phi) is 1.68. The van der Waals surface area contributed by atoms with Crippen molar-refractivity contribution in [2.24, 2.45) is 11.7 Å². The van der Waals surface area contributed by atoms with Crippen molar-refractivity contribution in [3.8, 4) is 0 Å². The summed E-state index contributed by atoms with van der Waals surface area (Å²) in [6.07, 6.45) is 1.78. The Labute approximate surface area is 61.0 Å². The first kappa shape index (κ1) is 7.54. The molecule has 0 atom stereocenters. The molecule has 0 aromatic heterocycles. The SMILES string of the molecule is CNC1(C(N)=O)CC(C)C1. The fraction of sp³-hybridized carbons (Fsp3) is 0.857. The summed E-state index contributed by atoms with van der Waals surface area (Å²) in [5.41, 5.74) is 4.83. The van der Waals surface area contributed by atoms with Crippen molar-refractivity contribution >= 4 is 5.91 Å². The molecule has 1 saturated carbocycles. The van der Waals surface area contributed by atoms with Gasteiger partial charge in [0.05, 0.1) is 5.54 Å². The normalized spacial score (nSPS) is 38.8. The monoisotopic (exact) mass is 142 g/mol. The molecule has 1 aliphatic carbocycles. The maximum atomic E-state index is 10.8. The Hall–Kier alpha value is -0.570. The maximum absolute atomic E-state index is 10.8. The largest absolute Gasteiger partial charge is 0.368 e. The van der Waals surface area contributed by atoms with Gasteiger partial charge in [0.2, 0.25) is 5.91 Å². The molecule has 1 aliphatic rings. The highest BCUT2D eigenvalue weighted by atomic mass is 16.1. The number of hydrogen-bond donors (Lipinski definition) is 2. The van der Waals surface area contributed by atoms with Crippen molar-refractivity contribution in [3.05, 3.63) is 0 Å². The molecular weight excluding hydrogens is 128 g/mol. The smallest absolute Gasteiger partial charge is 0.237 e. The van der Waals surface area contributed by atoms with Gasteiger partial charge >= 0.3 is 0 Å². The zero-order valence-corrected chi connectivity index (χ0v) is 6.48. The van der Waals surface area contributed by atoms with Gasteiger partial charge in [-0.1, -0.05) is 6.92 Å². The lowest BCUT2D eigenvalue weighted by Gasteiger charge is -2.43. The van der Waals surface area contributed by atoms with Crippen molar-refractivity contribution in [1.82, 2.24) is 5.32 Å². The number of carbonyl (C=O) groups is 1. The van der Waals surface area contributed by atoms with E-state index in [4.69, 9.17) is 5.73 Å². The van der Waals surface area contributed by atoms with Gasteiger partial charge < -0.3 is 11.1 Å². The molecule has 3 nitrogen and oxygen atoms in total. The van der Waals surface area contributed by atoms with Gasteiger partial charge in [0.25, 0.3) is 0 Å². The molecule has 3 N–H and O–H groups in total. The van der Waals surface area contributed by atoms with Crippen molar-refractivity contribution in [3.63, 3.8) is 0 Å². The van der Waals surface area contributed by atoms with Crippen molar-refractivity contribution in [2.75, 3.05) is 7.05 Å². The van der Waals surface area contributed by atoms with Crippen LogP contribution in [0.25, 0.3) is 0 Å². The van der Waals surface area contributed by atoms with E-state index in [1.165, 1.54) is 0 Å². The molecule has 0 aromatic carbocycles. The standard InChI is InChI=1S/C7H14N2O/c1-5-3-7(4-5,9-2)6(8)10/h5,9H,3-4H2,1-2H3,(H2,8,10). The van der Waals surface area contributed by atoms with Crippen LogP contribution in [0.2, 0.25) is 0 Å². The van der Waals surface area contributed by atoms with Crippen molar-refractivity contribution < 1.29 is 4.79 Å². The van der Waals surface area contributed by atoms with Crippen LogP contribution in [0, 0.1) is 5.92 Å². The van der Waals surface area contributed by atoms with E-state index in [1.54, 1.807) is 7.05 Å². The molecule has 1 amide bonds. The van der Waals surface area contributed by atoms with E-state index in [0.717, 1.165) is 12.8 Å². The quantitative estimate of drug-likeness (QED) is 0.564. The molecule has 10 heavy (non-hydrogen) atoms. The van der Waals surface area contributed by atoms with E-state index in [1.807, 2.05) is 0 Å². The molecule has 0 unspecified atom stereocenters. The van der Waals surface area contributed by atoms with E-state index in [9.17, 15) is 4.79 Å². The average molecular weight is 142 g/mol. The van der Waals surface area contributed by atoms with Gasteiger partial charge in [0.15, 0.2) is 0 Å². The number of nitrogens with two attached hydrogens (primary N) is 1. The molecule has 0 heterocycles. The first-order valence-electron chi connectivity index (χ1n) is 3.59. The fourth-order valence-electron chi connectivity index (χ4n) is 1.66. The Morgan fingerprint density at radius 1 is 1.70 bits per heavy atom. The second-order valence-corrected chi connectivity index (χ2v) is 3.21. The van der Waals surface area contributed by atoms with Gasteiger partial charge in [-0.2, -0.15) is 0 Å². The highest BCUT2D eigenvalue weighted by molar-refractivity contribution is 5.85. The third-order valence-electron chi connectivity index (χ3n) is 2.34. The number of hydrogen-bond acceptors (Lipinski definition) is 2. The summed E-state index contributed by atoms with van der Waals surface area (Å²) in [7, 11) is 1.79. The molecular formula is C7H14N2O. The van der Waals surface area contributed by atoms with Crippen LogP contribution >= 0.6 is 0 Å². The van der Waals surface area contributed by atoms with E-state index >= 15 is 0 Å². The molecule has 0 aliphatic heterocycles. The molecule has 1 fully saturated rings. The van der Waals surface area contributed by atoms with Crippen LogP contribution < -0.4 is 11.1 Å². The van der Waals surface area contributed by atoms with Crippen molar-refractivity contribution in [2.45, 2.75) is 25.3 Å². The Morgan fingerprint density at radius 2 is 2.20 bits per heavy atom. The number of likely N-dealkylation sites (N-methyl/N-ethyl adjacent to an activating group) is 1. The van der Waals surface area contributed by atoms with Crippen LogP contribution in [0.5, 0.6) is 0 Å². The van der Waals surface area contributed by atoms with Gasteiger partial charge in [-0.3, -0.25) is 4.79 Å². The topological polar surface area (TPSA) is 55.1 Å². The molecule has 3 heteroatoms. The molecule has 0 saturated heterocycles. The van der Waals surface area contributed by atoms with E-state index < -0.39 is 0 Å². The second-order valence-electron chi connectivity index (χ2n) is 3.21. The van der Waals surface area contributed by atoms with Crippen LogP contribution in [0.15, 0.2) is 0 Å². The van der Waals surface area contributed by atoms with Crippen LogP contribution in [-0.2, 0) is 4.79 Å². The summed E-state index contributed by atoms with van der Waals surface area (Å²) in [6.45, 7) is 2.12. The summed E-state index contributed by atoms with van der Waals surface area (Å²) in [5, 5.41) is 2.97. The van der Waals surface area contributed by atoms with Crippen LogP contribution in [-0.4, -0.2) is 18.5 Å². The number of primary amides is 1. The number of amides is 1. The van der Waals surface area contributed by atoms with Crippen LogP contribution in [0.4, 0.5) is 0 Å². The third kappa shape index (κ3) is 0.904. The predicted molar refractivity (Wildman–Crippen MR) is 39.4 cm³/mol. The lowest BCUT2D eigenvalue weighted by Crippen LogP contribution is -2.61. The van der Waals surface area contributed by atoms with Crippen molar-refractivity contribution in [1.29, 1.82) is 0 Å². The average Bonchev–Trinajstić information content (AvgIpc) is 1.79. The summed E-state index contributed by atoms with van der Waals surface area (Å²) >= 11 is 0. The first-order chi connectivity index (χ1) is 4.60. The predicted octanol–water partition coefficient (Wildman–Crippen LogP) is -0.140. The Balaban J connectivity index is 2.56. The van der Waals surface area contributed by atoms with E-state index in [0.29, 0.717) is 5.92 Å². The molecule has 0 bridgehead atoms. The second kappa shape index (κ2) is 2.23. The summed E-state index contributed by atoms with van der Waals surface area (Å²) < 4.78 is 0. The summed E-state index contributed by atoms with van der Waals surface area (Å²) in [4.78, 5) is 10.8. The molecule has 0 aromatic rings. The maximum Gasteiger partial charge on any atom is 0.237 e. The van der Waals surface area contributed by atoms with E-state index in [2.05, 4.69) is 12.2 Å². The fourth-order valence-corrected chi connectivity index (χ4v) is 1.66. The van der Waals surface area contributed by atoms with Gasteiger partial charge in [-0.25, -0.2) is 0 Å². The van der Waals surface area contributed by atoms with Gasteiger partial charge in [0, 0.05) is 0 Å². The summed E-state index contributed by atoms with van der Waals surface area (Å²) in [6, 6.07) is 0. The van der Waals surface area contributed by atoms with Crippen LogP contribution in [0.3, 0.4) is 0 Å². The highest BCUT2D eigenvalue weighted by Gasteiger charge is 2.45. The number of rotatable bonds is 2. The minimum absolute atomic E-state index is 0.215. The molecule has 1 rings (SSSR count). The third-order valence-corrected chi connectivity index (χ3v) is 2.34. The first-order valence-corrected chi connectivity index (χ1v) is 3.59. The molecule has 0 spiro atoms. The minimum atomic E-state index is -0.376. The highest BCUT2D eigenvalue weighted by Crippen LogP contribution is 2.36. The Morgan fingerprint density at radius 3 is 2.30 bits per heavy atom. The molecule has 0 radical (unpaired) electrons. The van der Waals surface area contributed by atoms with Crippen LogP contribution in [0.1, 0.15) is 19.8 Å². The zero-order chi connectivity index (χ0) is 7.78. The lowest BCUT2D eigenvalue weighted by atomic mass is 9.69. The minimum Gasteiger partial charge on any atom is -0.368 e. The van der Waals surface area contributed by atoms with Gasteiger partial charge in [-0.15, -0.1) is 0 Å². The van der Waals surface area contributed by atoms with Gasteiger partial charge in [0.1, 0.15) is 0 Å². The number of carbonyl (C=O) groups excluding carboxylic acids is 1. The van der Waals surface area contributed by atoms with Gasteiger partial charge in [-0.05, 0) is 25.8 Å². The van der Waals surface area contributed by atoms with E-state index in [-0.39, 0.29) is 11.4 Å². The molecule has 58 valence electrons. The Bertz CT molecular complexity index is 150. The number of nitrogens with one attached hydrogen (secondary N) is 1. The summed E-state index contributed by atoms with van der Waals surface area (Å²) in [5.74, 6) is 0.424.